The number of amides is 1. The molecule has 0 spiro atoms. The highest BCUT2D eigenvalue weighted by Crippen LogP contribution is 2.39. The molecule has 1 aromatic carbocycles. The average Bonchev–Trinajstić information content (AvgIpc) is 3.37. The zero-order valence-electron chi connectivity index (χ0n) is 14.0. The van der Waals surface area contributed by atoms with Crippen LogP contribution < -0.4 is 10.7 Å². The number of benzene rings is 1. The van der Waals surface area contributed by atoms with Crippen LogP contribution in [0.1, 0.15) is 42.1 Å². The summed E-state index contributed by atoms with van der Waals surface area (Å²) in [5.41, 5.74) is 0.186. The van der Waals surface area contributed by atoms with Crippen LogP contribution in [0.5, 0.6) is 0 Å². The Morgan fingerprint density at radius 2 is 2.12 bits per heavy atom. The number of fused-ring (bicyclic) bond motifs is 2. The van der Waals surface area contributed by atoms with Crippen LogP contribution in [0, 0.1) is 11.7 Å². The lowest BCUT2D eigenvalue weighted by Crippen LogP contribution is -2.54. The van der Waals surface area contributed by atoms with Gasteiger partial charge in [0, 0.05) is 36.2 Å². The summed E-state index contributed by atoms with van der Waals surface area (Å²) in [5, 5.41) is 3.14. The van der Waals surface area contributed by atoms with Crippen molar-refractivity contribution in [2.75, 3.05) is 6.61 Å². The molecule has 1 aliphatic heterocycles. The van der Waals surface area contributed by atoms with Crippen LogP contribution in [0.2, 0.25) is 5.02 Å². The Hall–Kier alpha value is -1.92. The zero-order chi connectivity index (χ0) is 18.0. The third kappa shape index (κ3) is 2.47. The molecule has 1 N–H and O–H groups in total. The molecule has 7 heteroatoms. The maximum atomic E-state index is 13.9. The minimum atomic E-state index is -0.652. The molecule has 2 saturated carbocycles. The fraction of sp³-hybridized carbons (Fsp3) is 0.474. The quantitative estimate of drug-likeness (QED) is 0.895. The Morgan fingerprint density at radius 1 is 1.31 bits per heavy atom. The van der Waals surface area contributed by atoms with E-state index in [2.05, 4.69) is 5.32 Å². The van der Waals surface area contributed by atoms with Crippen molar-refractivity contribution in [3.8, 4) is 0 Å². The van der Waals surface area contributed by atoms with Crippen molar-refractivity contribution in [1.29, 1.82) is 0 Å². The van der Waals surface area contributed by atoms with Gasteiger partial charge in [0.1, 0.15) is 11.4 Å². The normalized spacial score (nSPS) is 27.2. The van der Waals surface area contributed by atoms with E-state index in [0.29, 0.717) is 11.4 Å². The van der Waals surface area contributed by atoms with Gasteiger partial charge < -0.3 is 14.6 Å². The van der Waals surface area contributed by atoms with E-state index >= 15 is 0 Å². The monoisotopic (exact) mass is 376 g/mol. The van der Waals surface area contributed by atoms with E-state index in [0.717, 1.165) is 38.4 Å². The summed E-state index contributed by atoms with van der Waals surface area (Å²) in [6, 6.07) is 2.88. The fourth-order valence-electron chi connectivity index (χ4n) is 4.17. The third-order valence-corrected chi connectivity index (χ3v) is 6.13. The second kappa shape index (κ2) is 5.79. The number of halogens is 2. The first-order valence-electron chi connectivity index (χ1n) is 8.99. The summed E-state index contributed by atoms with van der Waals surface area (Å²) >= 11 is 5.90. The predicted molar refractivity (Wildman–Crippen MR) is 95.2 cm³/mol. The van der Waals surface area contributed by atoms with Crippen molar-refractivity contribution in [2.45, 2.75) is 43.9 Å². The van der Waals surface area contributed by atoms with Crippen molar-refractivity contribution >= 4 is 28.4 Å². The molecule has 1 saturated heterocycles. The number of rotatable bonds is 3. The molecule has 3 fully saturated rings. The smallest absolute Gasteiger partial charge is 0.257 e. The van der Waals surface area contributed by atoms with Crippen LogP contribution in [0.25, 0.3) is 10.9 Å². The van der Waals surface area contributed by atoms with E-state index in [1.165, 1.54) is 6.07 Å². The molecular formula is C19H18ClFN2O3. The molecule has 2 aromatic rings. The molecule has 0 bridgehead atoms. The number of carbonyl (C=O) groups excluding carboxylic acids is 1. The first kappa shape index (κ1) is 16.3. The van der Waals surface area contributed by atoms with Gasteiger partial charge in [0.25, 0.3) is 5.91 Å². The highest BCUT2D eigenvalue weighted by Gasteiger charge is 2.46. The number of carbonyl (C=O) groups is 1. The maximum Gasteiger partial charge on any atom is 0.257 e. The number of nitrogens with zero attached hydrogens (tertiary/aromatic N) is 1. The number of pyridine rings is 1. The molecule has 3 atom stereocenters. The molecule has 3 aliphatic rings. The van der Waals surface area contributed by atoms with Crippen molar-refractivity contribution in [3.05, 3.63) is 45.0 Å². The lowest BCUT2D eigenvalue weighted by atomic mass is 9.76. The standard InChI is InChI=1S/C19H18ClFN2O3/c20-13-6-16-11(5-14(13)21)18(24)12(8-23(16)9-1-2-9)19(25)22-15-7-17-10(15)3-4-26-17/h5-6,8-10,15,17H,1-4,7H2,(H,22,25)/t10-,15+,17+/m0/s1. The molecule has 26 heavy (non-hydrogen) atoms. The predicted octanol–water partition coefficient (Wildman–Crippen LogP) is 3.04. The molecule has 5 nitrogen and oxygen atoms in total. The molecule has 2 aliphatic carbocycles. The minimum absolute atomic E-state index is 0.0229. The Kier molecular flexibility index (Phi) is 3.62. The Labute approximate surface area is 154 Å². The van der Waals surface area contributed by atoms with Gasteiger partial charge in [-0.15, -0.1) is 0 Å². The van der Waals surface area contributed by atoms with Crippen LogP contribution in [0.15, 0.2) is 23.1 Å². The van der Waals surface area contributed by atoms with E-state index in [1.807, 2.05) is 4.57 Å². The highest BCUT2D eigenvalue weighted by molar-refractivity contribution is 6.31. The first-order chi connectivity index (χ1) is 12.5. The van der Waals surface area contributed by atoms with Gasteiger partial charge in [-0.05, 0) is 37.8 Å². The fourth-order valence-corrected chi connectivity index (χ4v) is 4.33. The summed E-state index contributed by atoms with van der Waals surface area (Å²) in [6.45, 7) is 0.728. The third-order valence-electron chi connectivity index (χ3n) is 5.84. The average molecular weight is 377 g/mol. The van der Waals surface area contributed by atoms with Gasteiger partial charge in [0.15, 0.2) is 0 Å². The van der Waals surface area contributed by atoms with E-state index in [9.17, 15) is 14.0 Å². The topological polar surface area (TPSA) is 60.3 Å². The summed E-state index contributed by atoms with van der Waals surface area (Å²) in [7, 11) is 0. The molecule has 1 aromatic heterocycles. The number of hydrogen-bond donors (Lipinski definition) is 1. The van der Waals surface area contributed by atoms with Crippen molar-refractivity contribution < 1.29 is 13.9 Å². The van der Waals surface area contributed by atoms with E-state index in [1.54, 1.807) is 6.20 Å². The van der Waals surface area contributed by atoms with Gasteiger partial charge in [0.2, 0.25) is 5.43 Å². The Bertz CT molecular complexity index is 985. The Balaban J connectivity index is 1.55. The molecule has 5 rings (SSSR count). The molecule has 136 valence electrons. The lowest BCUT2D eigenvalue weighted by Gasteiger charge is -2.39. The molecule has 0 unspecified atom stereocenters. The first-order valence-corrected chi connectivity index (χ1v) is 9.37. The molecule has 1 amide bonds. The van der Waals surface area contributed by atoms with Crippen molar-refractivity contribution in [3.63, 3.8) is 0 Å². The number of aromatic nitrogens is 1. The van der Waals surface area contributed by atoms with Gasteiger partial charge >= 0.3 is 0 Å². The number of nitrogens with one attached hydrogen (secondary N) is 1. The molecule has 2 heterocycles. The van der Waals surface area contributed by atoms with Gasteiger partial charge in [-0.3, -0.25) is 9.59 Å². The Morgan fingerprint density at radius 3 is 2.85 bits per heavy atom. The second-order valence-electron chi connectivity index (χ2n) is 7.47. The number of ether oxygens (including phenoxy) is 1. The second-order valence-corrected chi connectivity index (χ2v) is 7.88. The van der Waals surface area contributed by atoms with Crippen LogP contribution in [-0.2, 0) is 4.74 Å². The summed E-state index contributed by atoms with van der Waals surface area (Å²) < 4.78 is 21.4. The summed E-state index contributed by atoms with van der Waals surface area (Å²) in [4.78, 5) is 25.6. The van der Waals surface area contributed by atoms with Crippen molar-refractivity contribution in [2.24, 2.45) is 5.92 Å². The largest absolute Gasteiger partial charge is 0.378 e. The van der Waals surface area contributed by atoms with E-state index in [4.69, 9.17) is 16.3 Å². The molecule has 0 radical (unpaired) electrons. The number of hydrogen-bond acceptors (Lipinski definition) is 3. The van der Waals surface area contributed by atoms with Gasteiger partial charge in [0.05, 0.1) is 16.6 Å². The van der Waals surface area contributed by atoms with E-state index in [-0.39, 0.29) is 34.2 Å². The zero-order valence-corrected chi connectivity index (χ0v) is 14.8. The van der Waals surface area contributed by atoms with Gasteiger partial charge in [-0.1, -0.05) is 11.6 Å². The summed E-state index contributed by atoms with van der Waals surface area (Å²) in [6.07, 6.45) is 5.49. The van der Waals surface area contributed by atoms with Gasteiger partial charge in [-0.2, -0.15) is 0 Å². The minimum Gasteiger partial charge on any atom is -0.378 e. The van der Waals surface area contributed by atoms with Crippen LogP contribution in [0.3, 0.4) is 0 Å². The van der Waals surface area contributed by atoms with Crippen LogP contribution in [-0.4, -0.2) is 29.2 Å². The van der Waals surface area contributed by atoms with Crippen LogP contribution >= 0.6 is 11.6 Å². The lowest BCUT2D eigenvalue weighted by molar-refractivity contribution is 0.00807. The highest BCUT2D eigenvalue weighted by atomic mass is 35.5. The van der Waals surface area contributed by atoms with Crippen molar-refractivity contribution in [1.82, 2.24) is 9.88 Å². The van der Waals surface area contributed by atoms with Crippen LogP contribution in [0.4, 0.5) is 4.39 Å². The van der Waals surface area contributed by atoms with E-state index < -0.39 is 17.2 Å². The maximum absolute atomic E-state index is 13.9. The van der Waals surface area contributed by atoms with Gasteiger partial charge in [-0.25, -0.2) is 4.39 Å². The summed E-state index contributed by atoms with van der Waals surface area (Å²) in [5.74, 6) is -0.709. The SMILES string of the molecule is O=C(N[C@@H]1C[C@H]2OCC[C@@H]12)c1cn(C2CC2)c2cc(Cl)c(F)cc2c1=O. The molecular weight excluding hydrogens is 359 g/mol.